The van der Waals surface area contributed by atoms with Gasteiger partial charge in [0.15, 0.2) is 0 Å². The molecule has 0 aromatic carbocycles. The minimum absolute atomic E-state index is 0.00879. The number of carbonyl (C=O) groups excluding carboxylic acids is 1. The van der Waals surface area contributed by atoms with Gasteiger partial charge in [0.25, 0.3) is 0 Å². The summed E-state index contributed by atoms with van der Waals surface area (Å²) in [6.45, 7) is 4.22. The Bertz CT molecular complexity index is 236. The Kier molecular flexibility index (Phi) is 8.47. The maximum Gasteiger partial charge on any atom is 0.340 e. The molecule has 7 heteroatoms. The van der Waals surface area contributed by atoms with Gasteiger partial charge in [-0.15, -0.1) is 0 Å². The average Bonchev–Trinajstić information content (AvgIpc) is 2.18. The summed E-state index contributed by atoms with van der Waals surface area (Å²) in [5, 5.41) is 11.0. The molecule has 6 nitrogen and oxygen atoms in total. The van der Waals surface area contributed by atoms with Crippen LogP contribution in [0.4, 0.5) is 0 Å². The first-order valence-corrected chi connectivity index (χ1v) is 7.06. The van der Waals surface area contributed by atoms with E-state index in [9.17, 15) is 9.36 Å². The zero-order valence-corrected chi connectivity index (χ0v) is 10.7. The third-order valence-electron chi connectivity index (χ3n) is 1.65. The predicted molar refractivity (Wildman–Crippen MR) is 60.4 cm³/mol. The lowest BCUT2D eigenvalue weighted by molar-refractivity contribution is -0.118. The molecular weight excluding hydrogens is 233 g/mol. The van der Waals surface area contributed by atoms with Gasteiger partial charge in [-0.05, 0) is 20.3 Å². The molecule has 0 aliphatic carbocycles. The van der Waals surface area contributed by atoms with Crippen LogP contribution in [-0.2, 0) is 18.4 Å². The van der Waals surface area contributed by atoms with Crippen molar-refractivity contribution in [2.45, 2.75) is 20.3 Å². The maximum atomic E-state index is 11.9. The van der Waals surface area contributed by atoms with Gasteiger partial charge in [0.1, 0.15) is 6.16 Å². The molecule has 0 aromatic heterocycles. The molecule has 0 atom stereocenters. The molecule has 0 bridgehead atoms. The van der Waals surface area contributed by atoms with Crippen LogP contribution in [0.5, 0.6) is 0 Å². The first-order chi connectivity index (χ1) is 7.58. The second-order valence-corrected chi connectivity index (χ2v) is 5.09. The summed E-state index contributed by atoms with van der Waals surface area (Å²) in [4.78, 5) is 11.4. The van der Waals surface area contributed by atoms with Crippen molar-refractivity contribution < 1.29 is 23.5 Å². The van der Waals surface area contributed by atoms with E-state index in [1.165, 1.54) is 0 Å². The van der Waals surface area contributed by atoms with E-state index in [0.29, 0.717) is 13.0 Å². The van der Waals surface area contributed by atoms with Crippen LogP contribution in [0.25, 0.3) is 0 Å². The molecule has 0 aromatic rings. The van der Waals surface area contributed by atoms with Gasteiger partial charge in [-0.25, -0.2) is 0 Å². The van der Waals surface area contributed by atoms with E-state index >= 15 is 0 Å². The third-order valence-corrected chi connectivity index (χ3v) is 3.62. The Morgan fingerprint density at radius 2 is 1.88 bits per heavy atom. The van der Waals surface area contributed by atoms with Crippen molar-refractivity contribution in [1.29, 1.82) is 0 Å². The van der Waals surface area contributed by atoms with Crippen LogP contribution in [0.3, 0.4) is 0 Å². The number of hydrogen-bond acceptors (Lipinski definition) is 5. The second kappa shape index (κ2) is 8.70. The first-order valence-electron chi connectivity index (χ1n) is 5.33. The molecule has 96 valence electrons. The van der Waals surface area contributed by atoms with Gasteiger partial charge in [-0.3, -0.25) is 9.36 Å². The van der Waals surface area contributed by atoms with Crippen LogP contribution >= 0.6 is 7.60 Å². The predicted octanol–water partition coefficient (Wildman–Crippen LogP) is 0.751. The van der Waals surface area contributed by atoms with Crippen molar-refractivity contribution in [2.75, 3.05) is 32.5 Å². The van der Waals surface area contributed by atoms with E-state index in [0.717, 1.165) is 0 Å². The fourth-order valence-electron chi connectivity index (χ4n) is 1.06. The topological polar surface area (TPSA) is 84.9 Å². The van der Waals surface area contributed by atoms with Crippen molar-refractivity contribution in [2.24, 2.45) is 0 Å². The average molecular weight is 253 g/mol. The standard InChI is InChI=1S/C9H20NO5P/c1-3-14-16(13,15-4-2)8-9(12)10-6-5-7-11/h11H,3-8H2,1-2H3,(H,10,12). The van der Waals surface area contributed by atoms with Crippen LogP contribution in [0.1, 0.15) is 20.3 Å². The molecule has 0 heterocycles. The van der Waals surface area contributed by atoms with Crippen LogP contribution < -0.4 is 5.32 Å². The van der Waals surface area contributed by atoms with Crippen molar-refractivity contribution >= 4 is 13.5 Å². The molecule has 2 N–H and O–H groups in total. The Morgan fingerprint density at radius 3 is 2.31 bits per heavy atom. The Hall–Kier alpha value is -0.420. The fourth-order valence-corrected chi connectivity index (χ4v) is 2.57. The SMILES string of the molecule is CCOP(=O)(CC(=O)NCCCO)OCC. The lowest BCUT2D eigenvalue weighted by Gasteiger charge is -2.16. The number of amides is 1. The molecule has 0 saturated heterocycles. The van der Waals surface area contributed by atoms with Crippen LogP contribution in [0.15, 0.2) is 0 Å². The summed E-state index contributed by atoms with van der Waals surface area (Å²) in [6, 6.07) is 0. The molecule has 0 spiro atoms. The lowest BCUT2D eigenvalue weighted by atomic mass is 10.4. The van der Waals surface area contributed by atoms with Gasteiger partial charge in [0.2, 0.25) is 5.91 Å². The molecule has 0 aliphatic rings. The number of hydrogen-bond donors (Lipinski definition) is 2. The summed E-state index contributed by atoms with van der Waals surface area (Å²) >= 11 is 0. The summed E-state index contributed by atoms with van der Waals surface area (Å²) in [5.74, 6) is -0.390. The second-order valence-electron chi connectivity index (χ2n) is 3.03. The smallest absolute Gasteiger partial charge is 0.340 e. The molecule has 0 saturated carbocycles. The van der Waals surface area contributed by atoms with Gasteiger partial charge in [0, 0.05) is 13.2 Å². The first kappa shape index (κ1) is 15.6. The Labute approximate surface area is 95.9 Å². The fraction of sp³-hybridized carbons (Fsp3) is 0.889. The molecule has 1 amide bonds. The molecule has 0 rings (SSSR count). The molecular formula is C9H20NO5P. The van der Waals surface area contributed by atoms with Crippen LogP contribution in [0.2, 0.25) is 0 Å². The number of nitrogens with one attached hydrogen (secondary N) is 1. The number of aliphatic hydroxyl groups is 1. The highest BCUT2D eigenvalue weighted by molar-refractivity contribution is 7.54. The summed E-state index contributed by atoms with van der Waals surface area (Å²) in [6.07, 6.45) is 0.194. The highest BCUT2D eigenvalue weighted by Crippen LogP contribution is 2.47. The van der Waals surface area contributed by atoms with E-state index in [1.807, 2.05) is 0 Å². The largest absolute Gasteiger partial charge is 0.396 e. The van der Waals surface area contributed by atoms with E-state index in [4.69, 9.17) is 14.2 Å². The summed E-state index contributed by atoms with van der Waals surface area (Å²) < 4.78 is 21.8. The number of carbonyl (C=O) groups is 1. The Balaban J connectivity index is 4.07. The number of rotatable bonds is 9. The van der Waals surface area contributed by atoms with Gasteiger partial charge in [-0.2, -0.15) is 0 Å². The highest BCUT2D eigenvalue weighted by atomic mass is 31.2. The number of aliphatic hydroxyl groups excluding tert-OH is 1. The minimum Gasteiger partial charge on any atom is -0.396 e. The maximum absolute atomic E-state index is 11.9. The molecule has 0 fully saturated rings. The van der Waals surface area contributed by atoms with Crippen LogP contribution in [-0.4, -0.2) is 43.5 Å². The van der Waals surface area contributed by atoms with Gasteiger partial charge in [-0.1, -0.05) is 0 Å². The molecule has 0 unspecified atom stereocenters. The Morgan fingerprint density at radius 1 is 1.31 bits per heavy atom. The summed E-state index contributed by atoms with van der Waals surface area (Å²) in [5.41, 5.74) is 0. The van der Waals surface area contributed by atoms with Crippen molar-refractivity contribution in [3.63, 3.8) is 0 Å². The normalized spacial score (nSPS) is 11.4. The summed E-state index contributed by atoms with van der Waals surface area (Å²) in [7, 11) is -3.30. The quantitative estimate of drug-likeness (QED) is 0.468. The van der Waals surface area contributed by atoms with E-state index in [-0.39, 0.29) is 26.0 Å². The highest BCUT2D eigenvalue weighted by Gasteiger charge is 2.27. The van der Waals surface area contributed by atoms with E-state index < -0.39 is 13.5 Å². The van der Waals surface area contributed by atoms with E-state index in [1.54, 1.807) is 13.8 Å². The van der Waals surface area contributed by atoms with Gasteiger partial charge in [0.05, 0.1) is 13.2 Å². The van der Waals surface area contributed by atoms with Crippen molar-refractivity contribution in [3.05, 3.63) is 0 Å². The lowest BCUT2D eigenvalue weighted by Crippen LogP contribution is -2.28. The van der Waals surface area contributed by atoms with E-state index in [2.05, 4.69) is 5.32 Å². The van der Waals surface area contributed by atoms with Crippen LogP contribution in [0, 0.1) is 0 Å². The molecule has 0 radical (unpaired) electrons. The monoisotopic (exact) mass is 253 g/mol. The zero-order valence-electron chi connectivity index (χ0n) is 9.77. The van der Waals surface area contributed by atoms with Crippen molar-refractivity contribution in [3.8, 4) is 0 Å². The molecule has 16 heavy (non-hydrogen) atoms. The molecule has 0 aliphatic heterocycles. The van der Waals surface area contributed by atoms with Crippen molar-refractivity contribution in [1.82, 2.24) is 5.32 Å². The third kappa shape index (κ3) is 6.95. The minimum atomic E-state index is -3.30. The van der Waals surface area contributed by atoms with Gasteiger partial charge >= 0.3 is 7.60 Å². The zero-order chi connectivity index (χ0) is 12.4. The van der Waals surface area contributed by atoms with Gasteiger partial charge < -0.3 is 19.5 Å².